The first-order chi connectivity index (χ1) is 11.7. The van der Waals surface area contributed by atoms with Crippen molar-refractivity contribution in [1.82, 2.24) is 15.0 Å². The van der Waals surface area contributed by atoms with Crippen molar-refractivity contribution in [2.24, 2.45) is 5.92 Å². The summed E-state index contributed by atoms with van der Waals surface area (Å²) in [4.78, 5) is 19.1. The number of piperidine rings is 1. The number of nitrogens with zero attached hydrogens (tertiary/aromatic N) is 3. The minimum atomic E-state index is -0.108. The molecular weight excluding hydrogens is 306 g/mol. The van der Waals surface area contributed by atoms with Crippen molar-refractivity contribution in [2.45, 2.75) is 62.7 Å². The van der Waals surface area contributed by atoms with Gasteiger partial charge < -0.3 is 14.2 Å². The van der Waals surface area contributed by atoms with Crippen LogP contribution in [0, 0.1) is 5.92 Å². The molecule has 0 spiro atoms. The molecule has 0 radical (unpaired) electrons. The fraction of sp³-hybridized carbons (Fsp3) is 0.833. The molecular formula is C18H27N3O3. The van der Waals surface area contributed by atoms with Gasteiger partial charge in [0.05, 0.1) is 0 Å². The van der Waals surface area contributed by atoms with Gasteiger partial charge >= 0.3 is 0 Å². The molecule has 0 N–H and O–H groups in total. The minimum absolute atomic E-state index is 0.108. The molecule has 3 aliphatic rings. The number of ether oxygens (including phenoxy) is 1. The predicted molar refractivity (Wildman–Crippen MR) is 87.6 cm³/mol. The van der Waals surface area contributed by atoms with E-state index < -0.39 is 0 Å². The fourth-order valence-electron chi connectivity index (χ4n) is 3.71. The molecule has 1 aliphatic heterocycles. The number of amides is 1. The summed E-state index contributed by atoms with van der Waals surface area (Å²) in [7, 11) is 1.73. The van der Waals surface area contributed by atoms with Gasteiger partial charge in [0.1, 0.15) is 0 Å². The van der Waals surface area contributed by atoms with E-state index in [1.165, 1.54) is 12.8 Å². The van der Waals surface area contributed by atoms with E-state index >= 15 is 0 Å². The lowest BCUT2D eigenvalue weighted by Gasteiger charge is -2.40. The zero-order valence-electron chi connectivity index (χ0n) is 14.5. The van der Waals surface area contributed by atoms with E-state index in [1.807, 2.05) is 4.90 Å². The van der Waals surface area contributed by atoms with Crippen molar-refractivity contribution in [2.75, 3.05) is 26.8 Å². The lowest BCUT2D eigenvalue weighted by Crippen LogP contribution is -2.46. The number of hydrogen-bond acceptors (Lipinski definition) is 5. The summed E-state index contributed by atoms with van der Waals surface area (Å²) < 4.78 is 10.8. The van der Waals surface area contributed by atoms with E-state index in [9.17, 15) is 4.79 Å². The largest absolute Gasteiger partial charge is 0.385 e. The van der Waals surface area contributed by atoms with E-state index in [2.05, 4.69) is 5.16 Å². The van der Waals surface area contributed by atoms with Gasteiger partial charge in [-0.2, -0.15) is 4.98 Å². The maximum Gasteiger partial charge on any atom is 0.229 e. The number of hydrogen-bond donors (Lipinski definition) is 0. The summed E-state index contributed by atoms with van der Waals surface area (Å²) in [6, 6.07) is 0. The Balaban J connectivity index is 1.44. The van der Waals surface area contributed by atoms with Gasteiger partial charge in [-0.3, -0.25) is 4.79 Å². The Hall–Kier alpha value is -1.43. The van der Waals surface area contributed by atoms with Crippen LogP contribution in [0.2, 0.25) is 0 Å². The zero-order valence-corrected chi connectivity index (χ0v) is 14.5. The first-order valence-corrected chi connectivity index (χ1v) is 9.31. The third-order valence-corrected chi connectivity index (χ3v) is 5.86. The molecule has 2 heterocycles. The number of aromatic nitrogens is 2. The van der Waals surface area contributed by atoms with E-state index in [-0.39, 0.29) is 5.41 Å². The molecule has 1 aromatic rings. The second-order valence-corrected chi connectivity index (χ2v) is 7.78. The summed E-state index contributed by atoms with van der Waals surface area (Å²) in [5.41, 5.74) is -0.108. The molecule has 1 aromatic heterocycles. The quantitative estimate of drug-likeness (QED) is 0.767. The Morgan fingerprint density at radius 1 is 1.29 bits per heavy atom. The van der Waals surface area contributed by atoms with E-state index in [0.29, 0.717) is 24.3 Å². The van der Waals surface area contributed by atoms with E-state index in [0.717, 1.165) is 63.3 Å². The van der Waals surface area contributed by atoms with Crippen LogP contribution >= 0.6 is 0 Å². The third-order valence-electron chi connectivity index (χ3n) is 5.86. The van der Waals surface area contributed by atoms with Crippen molar-refractivity contribution < 1.29 is 14.1 Å². The van der Waals surface area contributed by atoms with Gasteiger partial charge in [0.2, 0.25) is 11.8 Å². The molecule has 6 nitrogen and oxygen atoms in total. The van der Waals surface area contributed by atoms with Crippen LogP contribution in [0.3, 0.4) is 0 Å². The van der Waals surface area contributed by atoms with Gasteiger partial charge in [0.25, 0.3) is 0 Å². The maximum atomic E-state index is 12.4. The molecule has 6 heteroatoms. The SMILES string of the molecule is COCCC1(c2noc(C3CC3)n2)CCN(C(=O)CC2CC2)CC1. The van der Waals surface area contributed by atoms with Gasteiger partial charge in [0.15, 0.2) is 5.82 Å². The van der Waals surface area contributed by atoms with Gasteiger partial charge in [-0.1, -0.05) is 5.16 Å². The Bertz CT molecular complexity index is 584. The normalized spacial score (nSPS) is 23.5. The van der Waals surface area contributed by atoms with E-state index in [4.69, 9.17) is 14.2 Å². The molecule has 3 fully saturated rings. The van der Waals surface area contributed by atoms with Crippen LogP contribution in [0.5, 0.6) is 0 Å². The molecule has 0 bridgehead atoms. The Morgan fingerprint density at radius 3 is 2.67 bits per heavy atom. The van der Waals surface area contributed by atoms with Crippen molar-refractivity contribution in [3.63, 3.8) is 0 Å². The summed E-state index contributed by atoms with van der Waals surface area (Å²) in [6.45, 7) is 2.27. The Kier molecular flexibility index (Phi) is 4.33. The highest BCUT2D eigenvalue weighted by Gasteiger charge is 2.42. The van der Waals surface area contributed by atoms with Gasteiger partial charge in [-0.25, -0.2) is 0 Å². The smallest absolute Gasteiger partial charge is 0.229 e. The molecule has 4 rings (SSSR count). The monoisotopic (exact) mass is 333 g/mol. The van der Waals surface area contributed by atoms with Gasteiger partial charge in [0, 0.05) is 44.6 Å². The molecule has 2 aliphatic carbocycles. The highest BCUT2D eigenvalue weighted by atomic mass is 16.5. The summed E-state index contributed by atoms with van der Waals surface area (Å²) in [5, 5.41) is 4.31. The summed E-state index contributed by atoms with van der Waals surface area (Å²) >= 11 is 0. The van der Waals surface area contributed by atoms with Crippen LogP contribution < -0.4 is 0 Å². The average molecular weight is 333 g/mol. The average Bonchev–Trinajstić information content (AvgIpc) is 3.54. The van der Waals surface area contributed by atoms with Crippen molar-refractivity contribution in [3.05, 3.63) is 11.7 Å². The standard InChI is InChI=1S/C18H27N3O3/c1-23-11-8-18(17-19-16(24-20-17)14-4-5-14)6-9-21(10-7-18)15(22)12-13-2-3-13/h13-14H,2-12H2,1H3. The predicted octanol–water partition coefficient (Wildman–Crippen LogP) is 2.64. The maximum absolute atomic E-state index is 12.4. The third kappa shape index (κ3) is 3.34. The van der Waals surface area contributed by atoms with Crippen LogP contribution in [-0.2, 0) is 14.9 Å². The van der Waals surface area contributed by atoms with Crippen LogP contribution in [0.1, 0.15) is 69.0 Å². The minimum Gasteiger partial charge on any atom is -0.385 e. The van der Waals surface area contributed by atoms with Crippen LogP contribution in [0.4, 0.5) is 0 Å². The molecule has 0 unspecified atom stereocenters. The van der Waals surface area contributed by atoms with Gasteiger partial charge in [-0.05, 0) is 50.9 Å². The van der Waals surface area contributed by atoms with Crippen LogP contribution in [-0.4, -0.2) is 47.8 Å². The highest BCUT2D eigenvalue weighted by Crippen LogP contribution is 2.42. The summed E-state index contributed by atoms with van der Waals surface area (Å²) in [5.74, 6) is 3.08. The molecule has 1 saturated heterocycles. The topological polar surface area (TPSA) is 68.5 Å². The number of methoxy groups -OCH3 is 1. The molecule has 0 atom stereocenters. The van der Waals surface area contributed by atoms with Crippen LogP contribution in [0.25, 0.3) is 0 Å². The second kappa shape index (κ2) is 6.47. The number of carbonyl (C=O) groups excluding carboxylic acids is 1. The zero-order chi connectivity index (χ0) is 16.6. The lowest BCUT2D eigenvalue weighted by atomic mass is 9.75. The van der Waals surface area contributed by atoms with Crippen LogP contribution in [0.15, 0.2) is 4.52 Å². The number of carbonyl (C=O) groups is 1. The Labute approximate surface area is 142 Å². The van der Waals surface area contributed by atoms with E-state index in [1.54, 1.807) is 7.11 Å². The number of rotatable bonds is 7. The van der Waals surface area contributed by atoms with Crippen molar-refractivity contribution in [3.8, 4) is 0 Å². The highest BCUT2D eigenvalue weighted by molar-refractivity contribution is 5.76. The van der Waals surface area contributed by atoms with Crippen molar-refractivity contribution >= 4 is 5.91 Å². The second-order valence-electron chi connectivity index (χ2n) is 7.78. The summed E-state index contributed by atoms with van der Waals surface area (Å²) in [6.07, 6.45) is 8.20. The first kappa shape index (κ1) is 16.1. The molecule has 2 saturated carbocycles. The lowest BCUT2D eigenvalue weighted by molar-refractivity contribution is -0.133. The number of likely N-dealkylation sites (tertiary alicyclic amines) is 1. The Morgan fingerprint density at radius 2 is 2.04 bits per heavy atom. The van der Waals surface area contributed by atoms with Gasteiger partial charge in [-0.15, -0.1) is 0 Å². The first-order valence-electron chi connectivity index (χ1n) is 9.31. The molecule has 24 heavy (non-hydrogen) atoms. The molecule has 132 valence electrons. The fourth-order valence-corrected chi connectivity index (χ4v) is 3.71. The molecule has 1 amide bonds. The van der Waals surface area contributed by atoms with Crippen molar-refractivity contribution in [1.29, 1.82) is 0 Å². The molecule has 0 aromatic carbocycles.